The van der Waals surface area contributed by atoms with E-state index in [1.54, 1.807) is 6.08 Å². The lowest BCUT2D eigenvalue weighted by atomic mass is 9.43. The zero-order valence-electron chi connectivity index (χ0n) is 26.3. The van der Waals surface area contributed by atoms with Crippen molar-refractivity contribution in [3.63, 3.8) is 0 Å². The second-order valence-electron chi connectivity index (χ2n) is 14.3. The van der Waals surface area contributed by atoms with Gasteiger partial charge in [-0.2, -0.15) is 5.26 Å². The lowest BCUT2D eigenvalue weighted by Gasteiger charge is -2.64. The van der Waals surface area contributed by atoms with Crippen molar-refractivity contribution in [2.75, 3.05) is 0 Å². The van der Waals surface area contributed by atoms with Crippen LogP contribution in [0.5, 0.6) is 0 Å². The minimum atomic E-state index is -0.508. The molecule has 2 N–H and O–H groups in total. The number of hydrogen-bond acceptors (Lipinski definition) is 5. The predicted octanol–water partition coefficient (Wildman–Crippen LogP) is 5.44. The molecule has 1 saturated heterocycles. The Balaban J connectivity index is 1.25. The van der Waals surface area contributed by atoms with Gasteiger partial charge in [0.1, 0.15) is 11.6 Å². The van der Waals surface area contributed by atoms with E-state index in [1.165, 1.54) is 6.42 Å². The number of rotatable bonds is 9. The maximum absolute atomic E-state index is 13.3. The quantitative estimate of drug-likeness (QED) is 0.234. The molecule has 3 aliphatic carbocycles. The summed E-state index contributed by atoms with van der Waals surface area (Å²) in [5, 5.41) is 15.6. The van der Waals surface area contributed by atoms with Gasteiger partial charge in [-0.3, -0.25) is 9.59 Å². The summed E-state index contributed by atoms with van der Waals surface area (Å²) in [4.78, 5) is 25.9. The summed E-state index contributed by atoms with van der Waals surface area (Å²) < 4.78 is 13.3. The highest BCUT2D eigenvalue weighted by Crippen LogP contribution is 2.65. The van der Waals surface area contributed by atoms with Crippen LogP contribution < -0.4 is 10.6 Å². The van der Waals surface area contributed by atoms with Gasteiger partial charge in [0.25, 0.3) is 5.91 Å². The Bertz CT molecular complexity index is 1430. The maximum Gasteiger partial charge on any atom is 0.482 e. The van der Waals surface area contributed by atoms with Crippen LogP contribution in [0, 0.1) is 28.6 Å². The summed E-state index contributed by atoms with van der Waals surface area (Å²) in [6.45, 7) is 12.5. The number of nitrogens with one attached hydrogen (secondary N) is 2. The van der Waals surface area contributed by atoms with Gasteiger partial charge in [0.15, 0.2) is 0 Å². The SMILES string of the molecule is CC(C)(C)NC(=O)C(C#N)=Cc1cccc(CCC(=O)N[C@@H](Cc2ccccc2)B2O[C@@H]3C[C@@H]4C[C@@H](C4(C)C)[C@]3(C)O2)c1. The van der Waals surface area contributed by atoms with Crippen molar-refractivity contribution in [1.29, 1.82) is 5.26 Å². The summed E-state index contributed by atoms with van der Waals surface area (Å²) in [6, 6.07) is 19.7. The van der Waals surface area contributed by atoms with Crippen LogP contribution in [0.2, 0.25) is 0 Å². The molecule has 0 spiro atoms. The summed E-state index contributed by atoms with van der Waals surface area (Å²) in [7, 11) is -0.508. The Morgan fingerprint density at radius 2 is 1.81 bits per heavy atom. The van der Waals surface area contributed by atoms with E-state index in [1.807, 2.05) is 69.3 Å². The van der Waals surface area contributed by atoms with Gasteiger partial charge < -0.3 is 19.9 Å². The Labute approximate surface area is 256 Å². The van der Waals surface area contributed by atoms with Crippen molar-refractivity contribution >= 4 is 25.0 Å². The lowest BCUT2D eigenvalue weighted by molar-refractivity contribution is -0.199. The molecule has 5 atom stereocenters. The van der Waals surface area contributed by atoms with E-state index in [9.17, 15) is 14.9 Å². The fraction of sp³-hybridized carbons (Fsp3) is 0.514. The van der Waals surface area contributed by atoms with Crippen molar-refractivity contribution in [3.05, 3.63) is 76.9 Å². The second kappa shape index (κ2) is 11.9. The molecule has 0 radical (unpaired) electrons. The number of nitrogens with zero attached hydrogens (tertiary/aromatic N) is 1. The van der Waals surface area contributed by atoms with Crippen molar-refractivity contribution in [1.82, 2.24) is 10.6 Å². The van der Waals surface area contributed by atoms with Gasteiger partial charge in [-0.15, -0.1) is 0 Å². The molecule has 2 bridgehead atoms. The van der Waals surface area contributed by atoms with Crippen LogP contribution in [0.15, 0.2) is 60.2 Å². The summed E-state index contributed by atoms with van der Waals surface area (Å²) >= 11 is 0. The standard InChI is InChI=1S/C35H44BN3O4/c1-33(2,3)39-32(41)26(22-37)18-25-14-10-13-24(17-25)15-16-31(40)38-30(19-23-11-8-7-9-12-23)36-42-29-21-27-20-28(34(27,4)5)35(29,6)43-36/h7-14,17-18,27-30H,15-16,19-21H2,1-6H3,(H,38,40)(H,39,41)/t27-,28-,29+,30-,35-/m0/s1. The highest BCUT2D eigenvalue weighted by molar-refractivity contribution is 6.48. The van der Waals surface area contributed by atoms with Crippen molar-refractivity contribution in [2.45, 2.75) is 96.8 Å². The van der Waals surface area contributed by atoms with Crippen molar-refractivity contribution < 1.29 is 18.9 Å². The topological polar surface area (TPSA) is 100 Å². The fourth-order valence-electron chi connectivity index (χ4n) is 7.25. The number of carbonyl (C=O) groups excluding carboxylic acids is 2. The minimum Gasteiger partial charge on any atom is -0.404 e. The molecular weight excluding hydrogens is 537 g/mol. The molecular formula is C35H44BN3O4. The predicted molar refractivity (Wildman–Crippen MR) is 168 cm³/mol. The van der Waals surface area contributed by atoms with Crippen LogP contribution in [0.25, 0.3) is 6.08 Å². The highest BCUT2D eigenvalue weighted by Gasteiger charge is 2.68. The van der Waals surface area contributed by atoms with Gasteiger partial charge in [-0.1, -0.05) is 68.4 Å². The van der Waals surface area contributed by atoms with E-state index < -0.39 is 18.6 Å². The van der Waals surface area contributed by atoms with Gasteiger partial charge in [0, 0.05) is 12.0 Å². The number of nitriles is 1. The third kappa shape index (κ3) is 6.74. The molecule has 3 saturated carbocycles. The molecule has 6 rings (SSSR count). The minimum absolute atomic E-state index is 0.0419. The molecule has 4 aliphatic rings. The first kappa shape index (κ1) is 31.0. The molecule has 1 heterocycles. The molecule has 226 valence electrons. The molecule has 0 unspecified atom stereocenters. The van der Waals surface area contributed by atoms with Crippen LogP contribution >= 0.6 is 0 Å². The van der Waals surface area contributed by atoms with E-state index in [0.717, 1.165) is 23.1 Å². The normalized spacial score (nSPS) is 26.5. The van der Waals surface area contributed by atoms with Crippen molar-refractivity contribution in [2.24, 2.45) is 17.3 Å². The average molecular weight is 582 g/mol. The molecule has 2 amide bonds. The molecule has 7 nitrogen and oxygen atoms in total. The molecule has 4 fully saturated rings. The summed E-state index contributed by atoms with van der Waals surface area (Å²) in [5.74, 6) is 0.314. The zero-order valence-corrected chi connectivity index (χ0v) is 26.3. The van der Waals surface area contributed by atoms with E-state index in [0.29, 0.717) is 31.1 Å². The van der Waals surface area contributed by atoms with E-state index in [4.69, 9.17) is 9.31 Å². The molecule has 43 heavy (non-hydrogen) atoms. The van der Waals surface area contributed by atoms with Gasteiger partial charge in [-0.25, -0.2) is 0 Å². The van der Waals surface area contributed by atoms with Gasteiger partial charge >= 0.3 is 7.12 Å². The summed E-state index contributed by atoms with van der Waals surface area (Å²) in [6.07, 6.45) is 5.23. The second-order valence-corrected chi connectivity index (χ2v) is 14.3. The number of aryl methyl sites for hydroxylation is 1. The highest BCUT2D eigenvalue weighted by atomic mass is 16.7. The first-order valence-corrected chi connectivity index (χ1v) is 15.5. The lowest BCUT2D eigenvalue weighted by Crippen LogP contribution is -2.65. The van der Waals surface area contributed by atoms with E-state index in [-0.39, 0.29) is 34.5 Å². The largest absolute Gasteiger partial charge is 0.482 e. The number of amides is 2. The Hall–Kier alpha value is -3.41. The molecule has 2 aromatic rings. The summed E-state index contributed by atoms with van der Waals surface area (Å²) in [5.41, 5.74) is 2.31. The Kier molecular flexibility index (Phi) is 8.62. The number of carbonyl (C=O) groups is 2. The van der Waals surface area contributed by atoms with Crippen LogP contribution in [-0.4, -0.2) is 42.1 Å². The number of hydrogen-bond donors (Lipinski definition) is 2. The zero-order chi connectivity index (χ0) is 31.0. The number of benzene rings is 2. The Morgan fingerprint density at radius 1 is 1.09 bits per heavy atom. The van der Waals surface area contributed by atoms with E-state index in [2.05, 4.69) is 43.5 Å². The molecule has 0 aromatic heterocycles. The fourth-order valence-corrected chi connectivity index (χ4v) is 7.25. The van der Waals surface area contributed by atoms with Gasteiger partial charge in [0.2, 0.25) is 5.91 Å². The third-order valence-electron chi connectivity index (χ3n) is 9.70. The van der Waals surface area contributed by atoms with Crippen LogP contribution in [0.1, 0.15) is 77.5 Å². The smallest absolute Gasteiger partial charge is 0.404 e. The molecule has 1 aliphatic heterocycles. The van der Waals surface area contributed by atoms with E-state index >= 15 is 0 Å². The first-order chi connectivity index (χ1) is 20.3. The van der Waals surface area contributed by atoms with Crippen molar-refractivity contribution in [3.8, 4) is 6.07 Å². The van der Waals surface area contributed by atoms with Crippen LogP contribution in [0.4, 0.5) is 0 Å². The monoisotopic (exact) mass is 581 g/mol. The Morgan fingerprint density at radius 3 is 2.49 bits per heavy atom. The molecule has 2 aromatic carbocycles. The first-order valence-electron chi connectivity index (χ1n) is 15.5. The van der Waals surface area contributed by atoms with Gasteiger partial charge in [-0.05, 0) is 93.4 Å². The maximum atomic E-state index is 13.3. The molecule has 8 heteroatoms. The van der Waals surface area contributed by atoms with Crippen LogP contribution in [-0.2, 0) is 31.7 Å². The average Bonchev–Trinajstić information content (AvgIpc) is 3.31. The van der Waals surface area contributed by atoms with Gasteiger partial charge in [0.05, 0.1) is 17.6 Å². The third-order valence-corrected chi connectivity index (χ3v) is 9.70. The van der Waals surface area contributed by atoms with Crippen LogP contribution in [0.3, 0.4) is 0 Å².